The Labute approximate surface area is 41.7 Å². The first-order valence-electron chi connectivity index (χ1n) is 1.89. The van der Waals surface area contributed by atoms with Crippen molar-refractivity contribution in [2.75, 3.05) is 0 Å². The highest BCUT2D eigenvalue weighted by Gasteiger charge is 1.96. The van der Waals surface area contributed by atoms with Gasteiger partial charge in [0.15, 0.2) is 0 Å². The third-order valence-corrected chi connectivity index (χ3v) is 0.566. The molecular formula is C5H4O2. The smallest absolute Gasteiger partial charge is 0.224 e. The molecule has 1 atom stereocenters. The lowest BCUT2D eigenvalue weighted by atomic mass is 10.4. The monoisotopic (exact) mass is 96.0 g/mol. The van der Waals surface area contributed by atoms with Crippen LogP contribution in [0.4, 0.5) is 0 Å². The highest BCUT2D eigenvalue weighted by molar-refractivity contribution is 4.92. The van der Waals surface area contributed by atoms with E-state index < -0.39 is 6.29 Å². The first kappa shape index (κ1) is 4.40. The van der Waals surface area contributed by atoms with E-state index in [1.165, 1.54) is 12.3 Å². The van der Waals surface area contributed by atoms with Gasteiger partial charge in [0.2, 0.25) is 6.29 Å². The van der Waals surface area contributed by atoms with E-state index >= 15 is 0 Å². The molecule has 0 aliphatic carbocycles. The summed E-state index contributed by atoms with van der Waals surface area (Å²) in [6, 6.07) is 0. The lowest BCUT2D eigenvalue weighted by molar-refractivity contribution is -0.0201. The Morgan fingerprint density at radius 2 is 2.57 bits per heavy atom. The summed E-state index contributed by atoms with van der Waals surface area (Å²) in [5.74, 6) is 0. The minimum atomic E-state index is -0.912. The molecule has 1 heterocycles. The molecule has 7 heavy (non-hydrogen) atoms. The number of hydrogen-bond donors (Lipinski definition) is 1. The Hall–Kier alpha value is -0.760. The van der Waals surface area contributed by atoms with Crippen molar-refractivity contribution in [3.05, 3.63) is 24.5 Å². The maximum atomic E-state index is 8.46. The van der Waals surface area contributed by atoms with E-state index in [0.29, 0.717) is 0 Å². The number of rotatable bonds is 0. The molecule has 0 bridgehead atoms. The first-order valence-corrected chi connectivity index (χ1v) is 1.89. The summed E-state index contributed by atoms with van der Waals surface area (Å²) in [6.07, 6.45) is 6.89. The molecule has 0 aromatic carbocycles. The van der Waals surface area contributed by atoms with Gasteiger partial charge < -0.3 is 9.84 Å². The predicted octanol–water partition coefficient (Wildman–Crippen LogP) is 0.0113. The third-order valence-electron chi connectivity index (χ3n) is 0.566. The molecule has 0 saturated carbocycles. The second-order valence-electron chi connectivity index (χ2n) is 1.08. The van der Waals surface area contributed by atoms with E-state index in [0.717, 1.165) is 0 Å². The molecular weight excluding hydrogens is 92.1 g/mol. The maximum Gasteiger partial charge on any atom is 0.224 e. The summed E-state index contributed by atoms with van der Waals surface area (Å²) in [7, 11) is 0. The lowest BCUT2D eigenvalue weighted by Gasteiger charge is -2.04. The normalized spacial score (nSPS) is 27.3. The fraction of sp³-hybridized carbons (Fsp3) is 0.200. The molecule has 0 fully saturated rings. The Balaban J connectivity index is 2.49. The van der Waals surface area contributed by atoms with E-state index in [1.54, 1.807) is 0 Å². The van der Waals surface area contributed by atoms with Crippen LogP contribution < -0.4 is 0 Å². The summed E-state index contributed by atoms with van der Waals surface area (Å²) in [6.45, 7) is 0. The quantitative estimate of drug-likeness (QED) is 0.460. The van der Waals surface area contributed by atoms with Crippen LogP contribution in [0.3, 0.4) is 0 Å². The number of aliphatic hydroxyl groups excluding tert-OH is 1. The molecule has 36 valence electrons. The third kappa shape index (κ3) is 1.05. The van der Waals surface area contributed by atoms with Crippen molar-refractivity contribution in [1.82, 2.24) is 0 Å². The van der Waals surface area contributed by atoms with Gasteiger partial charge in [-0.1, -0.05) is 0 Å². The molecule has 2 heteroatoms. The van der Waals surface area contributed by atoms with Gasteiger partial charge in [-0.2, -0.15) is 0 Å². The van der Waals surface area contributed by atoms with Crippen LogP contribution >= 0.6 is 0 Å². The van der Waals surface area contributed by atoms with Crippen LogP contribution in [0.2, 0.25) is 0 Å². The molecule has 0 aromatic heterocycles. The second kappa shape index (κ2) is 1.80. The Morgan fingerprint density at radius 3 is 2.86 bits per heavy atom. The number of hydrogen-bond acceptors (Lipinski definition) is 2. The van der Waals surface area contributed by atoms with Gasteiger partial charge in [-0.05, 0) is 12.2 Å². The number of ether oxygens (including phenoxy) is 1. The summed E-state index contributed by atoms with van der Waals surface area (Å²) >= 11 is 0. The standard InChI is InChI=1S/C5H4O2/c6-5-3-1-2-4-7-5/h2,4-6H. The van der Waals surface area contributed by atoms with Crippen LogP contribution in [0.5, 0.6) is 0 Å². The number of allylic oxidation sites excluding steroid dienone is 2. The van der Waals surface area contributed by atoms with E-state index in [4.69, 9.17) is 5.11 Å². The summed E-state index contributed by atoms with van der Waals surface area (Å²) < 4.78 is 4.48. The van der Waals surface area contributed by atoms with Crippen molar-refractivity contribution in [3.8, 4) is 0 Å². The zero-order chi connectivity index (χ0) is 5.11. The van der Waals surface area contributed by atoms with Crippen molar-refractivity contribution >= 4 is 0 Å². The van der Waals surface area contributed by atoms with E-state index in [1.807, 2.05) is 0 Å². The largest absolute Gasteiger partial charge is 0.468 e. The molecule has 2 nitrogen and oxygen atoms in total. The van der Waals surface area contributed by atoms with Gasteiger partial charge in [0, 0.05) is 6.08 Å². The van der Waals surface area contributed by atoms with Crippen LogP contribution in [-0.4, -0.2) is 11.4 Å². The maximum absolute atomic E-state index is 8.46. The summed E-state index contributed by atoms with van der Waals surface area (Å²) in [4.78, 5) is 0. The average Bonchev–Trinajstić information content (AvgIpc) is 1.69. The molecule has 0 saturated heterocycles. The molecule has 1 unspecified atom stereocenters. The van der Waals surface area contributed by atoms with Crippen molar-refractivity contribution in [2.24, 2.45) is 0 Å². The van der Waals surface area contributed by atoms with Gasteiger partial charge in [0.05, 0.1) is 6.26 Å². The van der Waals surface area contributed by atoms with Crippen molar-refractivity contribution in [2.45, 2.75) is 6.29 Å². The predicted molar refractivity (Wildman–Crippen MR) is 22.7 cm³/mol. The molecule has 0 aromatic rings. The summed E-state index contributed by atoms with van der Waals surface area (Å²) in [5.41, 5.74) is 0. The van der Waals surface area contributed by atoms with Gasteiger partial charge >= 0.3 is 0 Å². The highest BCUT2D eigenvalue weighted by atomic mass is 16.6. The molecule has 0 amide bonds. The van der Waals surface area contributed by atoms with Crippen LogP contribution in [0.25, 0.3) is 0 Å². The van der Waals surface area contributed by atoms with E-state index in [-0.39, 0.29) is 0 Å². The fourth-order valence-corrected chi connectivity index (χ4v) is 0.301. The van der Waals surface area contributed by atoms with Crippen LogP contribution in [0.1, 0.15) is 0 Å². The van der Waals surface area contributed by atoms with Gasteiger partial charge in [-0.25, -0.2) is 0 Å². The Bertz CT molecular complexity index is 105. The van der Waals surface area contributed by atoms with Crippen molar-refractivity contribution in [3.63, 3.8) is 0 Å². The minimum absolute atomic E-state index is 0.912. The van der Waals surface area contributed by atoms with Crippen LogP contribution in [0.15, 0.2) is 12.3 Å². The second-order valence-corrected chi connectivity index (χ2v) is 1.08. The zero-order valence-corrected chi connectivity index (χ0v) is 3.59. The molecule has 1 aliphatic heterocycles. The highest BCUT2D eigenvalue weighted by Crippen LogP contribution is 1.94. The Kier molecular flexibility index (Phi) is 1.13. The topological polar surface area (TPSA) is 29.5 Å². The first-order chi connectivity index (χ1) is 3.39. The molecule has 0 spiro atoms. The van der Waals surface area contributed by atoms with Gasteiger partial charge in [-0.3, -0.25) is 0 Å². The lowest BCUT2D eigenvalue weighted by Crippen LogP contribution is -2.05. The van der Waals surface area contributed by atoms with Crippen LogP contribution in [-0.2, 0) is 4.74 Å². The van der Waals surface area contributed by atoms with Gasteiger partial charge in [0.1, 0.15) is 0 Å². The van der Waals surface area contributed by atoms with E-state index in [9.17, 15) is 0 Å². The number of aliphatic hydroxyl groups is 1. The minimum Gasteiger partial charge on any atom is -0.468 e. The molecule has 1 rings (SSSR count). The molecule has 2 radical (unpaired) electrons. The Morgan fingerprint density at radius 1 is 1.71 bits per heavy atom. The van der Waals surface area contributed by atoms with Crippen molar-refractivity contribution in [1.29, 1.82) is 0 Å². The van der Waals surface area contributed by atoms with Gasteiger partial charge in [-0.15, -0.1) is 0 Å². The van der Waals surface area contributed by atoms with Crippen LogP contribution in [0, 0.1) is 12.2 Å². The van der Waals surface area contributed by atoms with Crippen molar-refractivity contribution < 1.29 is 9.84 Å². The molecule has 1 N–H and O–H groups in total. The SMILES string of the molecule is OC1[C]=[C]C=CO1. The zero-order valence-electron chi connectivity index (χ0n) is 3.59. The fourth-order valence-electron chi connectivity index (χ4n) is 0.301. The summed E-state index contributed by atoms with van der Waals surface area (Å²) in [5, 5.41) is 8.46. The van der Waals surface area contributed by atoms with Gasteiger partial charge in [0.25, 0.3) is 0 Å². The molecule has 1 aliphatic rings. The van der Waals surface area contributed by atoms with E-state index in [2.05, 4.69) is 16.9 Å². The average molecular weight is 96.1 g/mol.